The number of hydrogen-bond acceptors (Lipinski definition) is 6. The third kappa shape index (κ3) is 4.70. The van der Waals surface area contributed by atoms with Gasteiger partial charge in [-0.15, -0.1) is 0 Å². The van der Waals surface area contributed by atoms with E-state index in [0.29, 0.717) is 12.0 Å². The number of aromatic hydroxyl groups is 2. The highest BCUT2D eigenvalue weighted by molar-refractivity contribution is 6.11. The highest BCUT2D eigenvalue weighted by atomic mass is 16.4. The van der Waals surface area contributed by atoms with E-state index in [1.54, 1.807) is 6.92 Å². The maximum absolute atomic E-state index is 13.0. The summed E-state index contributed by atoms with van der Waals surface area (Å²) < 4.78 is 5.33. The fourth-order valence-corrected chi connectivity index (χ4v) is 3.30. The van der Waals surface area contributed by atoms with E-state index in [4.69, 9.17) is 4.42 Å². The first kappa shape index (κ1) is 22.7. The molecule has 1 heterocycles. The van der Waals surface area contributed by atoms with Crippen molar-refractivity contribution in [2.45, 2.75) is 59.8 Å². The molecule has 0 amide bonds. The smallest absolute Gasteiger partial charge is 0.336 e. The quantitative estimate of drug-likeness (QED) is 0.342. The van der Waals surface area contributed by atoms with E-state index in [9.17, 15) is 24.9 Å². The minimum absolute atomic E-state index is 0.0245. The van der Waals surface area contributed by atoms with Crippen molar-refractivity contribution >= 4 is 16.8 Å². The number of aliphatic hydroxyl groups excluding tert-OH is 1. The second-order valence-electron chi connectivity index (χ2n) is 7.99. The van der Waals surface area contributed by atoms with E-state index in [-0.39, 0.29) is 64.9 Å². The Hall–Kier alpha value is -2.60. The van der Waals surface area contributed by atoms with E-state index in [2.05, 4.69) is 0 Å². The van der Waals surface area contributed by atoms with Gasteiger partial charge >= 0.3 is 5.63 Å². The number of allylic oxidation sites excluding steroid dienone is 2. The number of fused-ring (bicyclic) bond motifs is 1. The molecule has 0 aliphatic carbocycles. The van der Waals surface area contributed by atoms with Crippen molar-refractivity contribution in [3.05, 3.63) is 44.8 Å². The van der Waals surface area contributed by atoms with Gasteiger partial charge in [0.1, 0.15) is 17.1 Å². The van der Waals surface area contributed by atoms with Gasteiger partial charge < -0.3 is 19.7 Å². The second kappa shape index (κ2) is 9.27. The molecule has 0 aliphatic rings. The first-order valence-corrected chi connectivity index (χ1v) is 9.94. The Labute approximate surface area is 170 Å². The number of phenols is 2. The van der Waals surface area contributed by atoms with E-state index in [0.717, 1.165) is 5.57 Å². The summed E-state index contributed by atoms with van der Waals surface area (Å²) in [5.41, 5.74) is 0.938. The standard InChI is InChI=1S/C23H30O6/c1-6-14(5)16-10-18(26)29-23-19(16)21(27)15(8-7-12(2)3)22(28)20(23)17(25)9-13(4)11-24/h7,10,13-14,24,27-28H,6,8-9,11H2,1-5H3/t13-,14+/m0/s1. The molecule has 0 saturated carbocycles. The molecule has 1 aromatic heterocycles. The van der Waals surface area contributed by atoms with Crippen LogP contribution < -0.4 is 5.63 Å². The van der Waals surface area contributed by atoms with Gasteiger partial charge in [-0.2, -0.15) is 0 Å². The van der Waals surface area contributed by atoms with Crippen LogP contribution in [0.5, 0.6) is 11.5 Å². The highest BCUT2D eigenvalue weighted by Crippen LogP contribution is 2.43. The van der Waals surface area contributed by atoms with Crippen LogP contribution >= 0.6 is 0 Å². The van der Waals surface area contributed by atoms with Gasteiger partial charge in [-0.1, -0.05) is 32.4 Å². The predicted octanol–water partition coefficient (Wildman–Crippen LogP) is 4.43. The van der Waals surface area contributed by atoms with Crippen LogP contribution in [0.2, 0.25) is 0 Å². The first-order valence-electron chi connectivity index (χ1n) is 9.94. The summed E-state index contributed by atoms with van der Waals surface area (Å²) in [5.74, 6) is -1.39. The van der Waals surface area contributed by atoms with Crippen LogP contribution in [-0.4, -0.2) is 27.7 Å². The molecule has 0 fully saturated rings. The molecule has 0 bridgehead atoms. The minimum Gasteiger partial charge on any atom is -0.507 e. The number of carbonyl (C=O) groups excluding carboxylic acids is 1. The van der Waals surface area contributed by atoms with E-state index in [1.807, 2.05) is 33.8 Å². The Morgan fingerprint density at radius 2 is 1.86 bits per heavy atom. The summed E-state index contributed by atoms with van der Waals surface area (Å²) in [6.07, 6.45) is 2.76. The van der Waals surface area contributed by atoms with Crippen molar-refractivity contribution in [2.24, 2.45) is 5.92 Å². The number of rotatable bonds is 8. The lowest BCUT2D eigenvalue weighted by Crippen LogP contribution is -2.13. The van der Waals surface area contributed by atoms with Crippen molar-refractivity contribution in [1.82, 2.24) is 0 Å². The molecule has 6 nitrogen and oxygen atoms in total. The molecule has 2 atom stereocenters. The van der Waals surface area contributed by atoms with Gasteiger partial charge in [-0.25, -0.2) is 4.79 Å². The van der Waals surface area contributed by atoms with Gasteiger partial charge in [0.05, 0.1) is 5.39 Å². The first-order chi connectivity index (χ1) is 13.6. The van der Waals surface area contributed by atoms with Crippen molar-refractivity contribution < 1.29 is 24.5 Å². The molecule has 3 N–H and O–H groups in total. The fourth-order valence-electron chi connectivity index (χ4n) is 3.30. The molecule has 0 saturated heterocycles. The molecule has 2 aromatic rings. The van der Waals surface area contributed by atoms with Gasteiger partial charge in [0.2, 0.25) is 0 Å². The molecular weight excluding hydrogens is 372 g/mol. The van der Waals surface area contributed by atoms with Crippen LogP contribution in [-0.2, 0) is 6.42 Å². The molecule has 6 heteroatoms. The Morgan fingerprint density at radius 1 is 1.21 bits per heavy atom. The van der Waals surface area contributed by atoms with E-state index < -0.39 is 11.4 Å². The fraction of sp³-hybridized carbons (Fsp3) is 0.478. The van der Waals surface area contributed by atoms with Gasteiger partial charge in [-0.05, 0) is 44.1 Å². The third-order valence-electron chi connectivity index (χ3n) is 5.25. The number of phenolic OH excluding ortho intramolecular Hbond substituents is 2. The third-order valence-corrected chi connectivity index (χ3v) is 5.25. The van der Waals surface area contributed by atoms with Crippen LogP contribution in [0.3, 0.4) is 0 Å². The lowest BCUT2D eigenvalue weighted by Gasteiger charge is -2.19. The molecule has 1 aromatic carbocycles. The van der Waals surface area contributed by atoms with Crippen LogP contribution in [0.4, 0.5) is 0 Å². The molecule has 0 spiro atoms. The van der Waals surface area contributed by atoms with Gasteiger partial charge in [0.25, 0.3) is 0 Å². The lowest BCUT2D eigenvalue weighted by atomic mass is 9.89. The largest absolute Gasteiger partial charge is 0.507 e. The van der Waals surface area contributed by atoms with Crippen molar-refractivity contribution in [3.8, 4) is 11.5 Å². The normalized spacial score (nSPS) is 13.3. The number of aliphatic hydroxyl groups is 1. The molecule has 158 valence electrons. The summed E-state index contributed by atoms with van der Waals surface area (Å²) in [6.45, 7) is 9.20. The van der Waals surface area contributed by atoms with Gasteiger partial charge in [0, 0.05) is 24.7 Å². The van der Waals surface area contributed by atoms with Gasteiger partial charge in [-0.3, -0.25) is 4.79 Å². The Morgan fingerprint density at radius 3 is 2.41 bits per heavy atom. The number of hydrogen-bond donors (Lipinski definition) is 3. The Bertz CT molecular complexity index is 995. The average molecular weight is 402 g/mol. The van der Waals surface area contributed by atoms with Crippen molar-refractivity contribution in [1.29, 1.82) is 0 Å². The summed E-state index contributed by atoms with van der Waals surface area (Å²) in [6, 6.07) is 1.34. The molecular formula is C23H30O6. The topological polar surface area (TPSA) is 108 Å². The second-order valence-corrected chi connectivity index (χ2v) is 7.99. The lowest BCUT2D eigenvalue weighted by molar-refractivity contribution is 0.0941. The molecule has 0 aliphatic heterocycles. The molecule has 0 radical (unpaired) electrons. The van der Waals surface area contributed by atoms with Crippen molar-refractivity contribution in [3.63, 3.8) is 0 Å². The summed E-state index contributed by atoms with van der Waals surface area (Å²) in [4.78, 5) is 25.2. The van der Waals surface area contributed by atoms with Crippen LogP contribution in [0, 0.1) is 5.92 Å². The highest BCUT2D eigenvalue weighted by Gasteiger charge is 2.28. The summed E-state index contributed by atoms with van der Waals surface area (Å²) >= 11 is 0. The zero-order valence-corrected chi connectivity index (χ0v) is 17.7. The van der Waals surface area contributed by atoms with Crippen LogP contribution in [0.1, 0.15) is 74.9 Å². The molecule has 29 heavy (non-hydrogen) atoms. The maximum atomic E-state index is 13.0. The minimum atomic E-state index is -0.645. The van der Waals surface area contributed by atoms with E-state index in [1.165, 1.54) is 6.07 Å². The molecule has 0 unspecified atom stereocenters. The number of benzene rings is 1. The summed E-state index contributed by atoms with van der Waals surface area (Å²) in [7, 11) is 0. The monoisotopic (exact) mass is 402 g/mol. The van der Waals surface area contributed by atoms with Crippen LogP contribution in [0.25, 0.3) is 11.0 Å². The Kier molecular flexibility index (Phi) is 7.25. The Balaban J connectivity index is 2.95. The van der Waals surface area contributed by atoms with Gasteiger partial charge in [0.15, 0.2) is 11.4 Å². The number of carbonyl (C=O) groups is 1. The zero-order chi connectivity index (χ0) is 21.9. The number of ketones is 1. The van der Waals surface area contributed by atoms with E-state index >= 15 is 0 Å². The molecule has 2 rings (SSSR count). The van der Waals surface area contributed by atoms with Crippen LogP contribution in [0.15, 0.2) is 26.9 Å². The maximum Gasteiger partial charge on any atom is 0.336 e. The predicted molar refractivity (Wildman–Crippen MR) is 113 cm³/mol. The van der Waals surface area contributed by atoms with Crippen molar-refractivity contribution in [2.75, 3.05) is 6.61 Å². The average Bonchev–Trinajstić information content (AvgIpc) is 2.65. The summed E-state index contributed by atoms with van der Waals surface area (Å²) in [5, 5.41) is 31.5. The SMILES string of the molecule is CC[C@@H](C)c1cc(=O)oc2c(C(=O)C[C@H](C)CO)c(O)c(CC=C(C)C)c(O)c12. The number of Topliss-reactive ketones (excluding diaryl/α,β-unsaturated/α-hetero) is 1. The zero-order valence-electron chi connectivity index (χ0n) is 17.7.